The molecule has 23 heavy (non-hydrogen) atoms. The minimum absolute atomic E-state index is 0.0405. The van der Waals surface area contributed by atoms with Gasteiger partial charge in [0.15, 0.2) is 11.4 Å². The second-order valence-corrected chi connectivity index (χ2v) is 6.68. The van der Waals surface area contributed by atoms with Crippen molar-refractivity contribution in [1.29, 1.82) is 0 Å². The summed E-state index contributed by atoms with van der Waals surface area (Å²) in [5.41, 5.74) is 2.05. The first-order chi connectivity index (χ1) is 10.7. The van der Waals surface area contributed by atoms with Gasteiger partial charge >= 0.3 is 5.97 Å². The molecular weight excluding hydrogens is 296 g/mol. The van der Waals surface area contributed by atoms with Crippen LogP contribution in [0.3, 0.4) is 0 Å². The molecule has 0 saturated heterocycles. The molecule has 0 bridgehead atoms. The molecule has 1 aliphatic rings. The molecule has 0 aliphatic carbocycles. The van der Waals surface area contributed by atoms with Crippen molar-refractivity contribution in [2.45, 2.75) is 32.7 Å². The Hall–Kier alpha value is -2.70. The van der Waals surface area contributed by atoms with Crippen LogP contribution in [0.15, 0.2) is 18.6 Å². The molecule has 0 unspecified atom stereocenters. The molecule has 1 aliphatic heterocycles. The zero-order chi connectivity index (χ0) is 16.9. The van der Waals surface area contributed by atoms with E-state index in [4.69, 9.17) is 0 Å². The maximum atomic E-state index is 12.6. The third-order valence-electron chi connectivity index (χ3n) is 3.98. The molecule has 1 amide bonds. The Morgan fingerprint density at radius 1 is 1.30 bits per heavy atom. The molecule has 120 valence electrons. The second-order valence-electron chi connectivity index (χ2n) is 6.68. The van der Waals surface area contributed by atoms with Crippen molar-refractivity contribution >= 4 is 11.9 Å². The fourth-order valence-corrected chi connectivity index (χ4v) is 2.83. The summed E-state index contributed by atoms with van der Waals surface area (Å²) in [5, 5.41) is 9.36. The van der Waals surface area contributed by atoms with E-state index >= 15 is 0 Å². The van der Waals surface area contributed by atoms with Crippen LogP contribution < -0.4 is 0 Å². The van der Waals surface area contributed by atoms with Crippen molar-refractivity contribution in [3.8, 4) is 5.69 Å². The number of fused-ring (bicyclic) bond motifs is 3. The Balaban J connectivity index is 2.40. The van der Waals surface area contributed by atoms with Crippen LogP contribution in [0.4, 0.5) is 0 Å². The van der Waals surface area contributed by atoms with Crippen molar-refractivity contribution in [2.24, 2.45) is 0 Å². The number of amides is 1. The summed E-state index contributed by atoms with van der Waals surface area (Å²) in [6.45, 7) is 6.28. The number of hydrogen-bond acceptors (Lipinski definition) is 4. The molecule has 0 atom stereocenters. The van der Waals surface area contributed by atoms with E-state index in [1.54, 1.807) is 17.8 Å². The van der Waals surface area contributed by atoms with Gasteiger partial charge in [0.2, 0.25) is 0 Å². The van der Waals surface area contributed by atoms with Gasteiger partial charge in [-0.25, -0.2) is 14.8 Å². The molecule has 2 aromatic heterocycles. The Morgan fingerprint density at radius 3 is 2.61 bits per heavy atom. The Kier molecular flexibility index (Phi) is 3.24. The molecule has 0 fully saturated rings. The van der Waals surface area contributed by atoms with Gasteiger partial charge in [0.25, 0.3) is 5.91 Å². The average Bonchev–Trinajstić information content (AvgIpc) is 2.84. The van der Waals surface area contributed by atoms with Crippen LogP contribution in [0.2, 0.25) is 0 Å². The maximum absolute atomic E-state index is 12.6. The van der Waals surface area contributed by atoms with E-state index in [1.807, 2.05) is 26.8 Å². The molecule has 2 aromatic rings. The summed E-state index contributed by atoms with van der Waals surface area (Å²) in [6.07, 6.45) is 3.08. The van der Waals surface area contributed by atoms with Gasteiger partial charge in [0.05, 0.1) is 17.9 Å². The summed E-state index contributed by atoms with van der Waals surface area (Å²) in [7, 11) is 1.63. The maximum Gasteiger partial charge on any atom is 0.356 e. The van der Waals surface area contributed by atoms with E-state index in [1.165, 1.54) is 11.2 Å². The van der Waals surface area contributed by atoms with Gasteiger partial charge in [-0.05, 0) is 17.0 Å². The Morgan fingerprint density at radius 2 is 2.00 bits per heavy atom. The first kappa shape index (κ1) is 15.2. The minimum atomic E-state index is -1.11. The van der Waals surface area contributed by atoms with Gasteiger partial charge < -0.3 is 10.0 Å². The van der Waals surface area contributed by atoms with Crippen LogP contribution in [0.5, 0.6) is 0 Å². The van der Waals surface area contributed by atoms with Crippen molar-refractivity contribution in [3.05, 3.63) is 41.2 Å². The number of nitrogens with zero attached hydrogens (tertiary/aromatic N) is 4. The van der Waals surface area contributed by atoms with Gasteiger partial charge in [-0.3, -0.25) is 9.36 Å². The molecule has 7 heteroatoms. The largest absolute Gasteiger partial charge is 0.476 e. The molecule has 7 nitrogen and oxygen atoms in total. The van der Waals surface area contributed by atoms with Crippen LogP contribution in [0.1, 0.15) is 53.0 Å². The lowest BCUT2D eigenvalue weighted by atomic mass is 9.85. The van der Waals surface area contributed by atoms with E-state index in [0.717, 1.165) is 5.56 Å². The zero-order valence-corrected chi connectivity index (χ0v) is 13.5. The number of carboxylic acids is 1. The van der Waals surface area contributed by atoms with Crippen LogP contribution in [0, 0.1) is 0 Å². The second kappa shape index (κ2) is 4.91. The summed E-state index contributed by atoms with van der Waals surface area (Å²) in [6, 6.07) is 1.86. The number of rotatable bonds is 1. The van der Waals surface area contributed by atoms with Crippen LogP contribution >= 0.6 is 0 Å². The number of pyridine rings is 1. The van der Waals surface area contributed by atoms with Crippen molar-refractivity contribution in [1.82, 2.24) is 19.4 Å². The lowest BCUT2D eigenvalue weighted by Crippen LogP contribution is -2.27. The molecule has 0 aromatic carbocycles. The number of imidazole rings is 1. The monoisotopic (exact) mass is 314 g/mol. The molecule has 1 N–H and O–H groups in total. The summed E-state index contributed by atoms with van der Waals surface area (Å²) in [5.74, 6) is -1.34. The van der Waals surface area contributed by atoms with Crippen molar-refractivity contribution in [2.75, 3.05) is 7.05 Å². The smallest absolute Gasteiger partial charge is 0.356 e. The van der Waals surface area contributed by atoms with Gasteiger partial charge in [0, 0.05) is 13.2 Å². The average molecular weight is 314 g/mol. The van der Waals surface area contributed by atoms with E-state index in [9.17, 15) is 14.7 Å². The SMILES string of the molecule is CN1Cc2c(C(=O)O)ncn2-c2c(C(C)(C)C)ccnc2C1=O. The lowest BCUT2D eigenvalue weighted by Gasteiger charge is -2.24. The third kappa shape index (κ3) is 2.28. The summed E-state index contributed by atoms with van der Waals surface area (Å²) >= 11 is 0. The number of aromatic nitrogens is 3. The minimum Gasteiger partial charge on any atom is -0.476 e. The highest BCUT2D eigenvalue weighted by atomic mass is 16.4. The van der Waals surface area contributed by atoms with Crippen LogP contribution in [0.25, 0.3) is 5.69 Å². The highest BCUT2D eigenvalue weighted by Gasteiger charge is 2.33. The topological polar surface area (TPSA) is 88.3 Å². The van der Waals surface area contributed by atoms with Crippen LogP contribution in [-0.4, -0.2) is 43.5 Å². The standard InChI is InChI=1S/C16H18N4O3/c1-16(2,3)9-5-6-17-12-13(9)20-8-18-11(15(22)23)10(20)7-19(4)14(12)21/h5-6,8H,7H2,1-4H3,(H,22,23). The number of carbonyl (C=O) groups is 2. The molecule has 0 saturated carbocycles. The lowest BCUT2D eigenvalue weighted by molar-refractivity contribution is 0.0682. The van der Waals surface area contributed by atoms with Crippen molar-refractivity contribution in [3.63, 3.8) is 0 Å². The molecule has 0 radical (unpaired) electrons. The summed E-state index contributed by atoms with van der Waals surface area (Å²) < 4.78 is 1.69. The van der Waals surface area contributed by atoms with E-state index in [-0.39, 0.29) is 23.6 Å². The molecule has 3 heterocycles. The van der Waals surface area contributed by atoms with E-state index in [2.05, 4.69) is 9.97 Å². The zero-order valence-electron chi connectivity index (χ0n) is 13.5. The molecular formula is C16H18N4O3. The first-order valence-corrected chi connectivity index (χ1v) is 7.26. The number of carboxylic acid groups (broad SMARTS) is 1. The number of hydrogen-bond donors (Lipinski definition) is 1. The van der Waals surface area contributed by atoms with Gasteiger partial charge in [0.1, 0.15) is 6.33 Å². The fraction of sp³-hybridized carbons (Fsp3) is 0.375. The molecule has 0 spiro atoms. The quantitative estimate of drug-likeness (QED) is 0.868. The van der Waals surface area contributed by atoms with E-state index in [0.29, 0.717) is 17.1 Å². The van der Waals surface area contributed by atoms with Crippen LogP contribution in [-0.2, 0) is 12.0 Å². The summed E-state index contributed by atoms with van der Waals surface area (Å²) in [4.78, 5) is 33.8. The highest BCUT2D eigenvalue weighted by Crippen LogP contribution is 2.33. The van der Waals surface area contributed by atoms with Crippen molar-refractivity contribution < 1.29 is 14.7 Å². The highest BCUT2D eigenvalue weighted by molar-refractivity contribution is 5.97. The first-order valence-electron chi connectivity index (χ1n) is 7.26. The molecule has 3 rings (SSSR count). The normalized spacial score (nSPS) is 14.3. The predicted octanol–water partition coefficient (Wildman–Crippen LogP) is 1.85. The van der Waals surface area contributed by atoms with Gasteiger partial charge in [-0.1, -0.05) is 20.8 Å². The number of aromatic carboxylic acids is 1. The van der Waals surface area contributed by atoms with Gasteiger partial charge in [-0.2, -0.15) is 0 Å². The Bertz CT molecular complexity index is 817. The fourth-order valence-electron chi connectivity index (χ4n) is 2.83. The Labute approximate surface area is 133 Å². The predicted molar refractivity (Wildman–Crippen MR) is 82.8 cm³/mol. The number of carbonyl (C=O) groups excluding carboxylic acids is 1. The third-order valence-corrected chi connectivity index (χ3v) is 3.98. The van der Waals surface area contributed by atoms with E-state index < -0.39 is 5.97 Å². The van der Waals surface area contributed by atoms with Gasteiger partial charge in [-0.15, -0.1) is 0 Å².